The standard InChI is InChI=1S/C50H29N5/c51-30-32-23-28-40-38-13-1-5-17-43(38)53(49(40)29-32)34-26-24-33(25-27-34)35-15-9-21-47(42(35)31-52)55-46-20-8-4-14-39(46)41-16-10-22-48(50(41)55)54-44-18-6-2-11-36(44)37-12-3-7-19-45(37)54/h1-29H. The molecule has 0 atom stereocenters. The summed E-state index contributed by atoms with van der Waals surface area (Å²) in [4.78, 5) is 0. The molecule has 0 unspecified atom stereocenters. The maximum atomic E-state index is 11.0. The molecular weight excluding hydrogens is 671 g/mol. The van der Waals surface area contributed by atoms with E-state index in [1.54, 1.807) is 0 Å². The molecule has 0 aliphatic carbocycles. The molecule has 55 heavy (non-hydrogen) atoms. The SMILES string of the molecule is N#Cc1ccc2c3ccccc3n(-c3ccc(-c4cccc(-n5c6ccccc6c6cccc(-n7c8ccccc8c8ccccc87)c65)c4C#N)cc3)c2c1. The van der Waals surface area contributed by atoms with Crippen LogP contribution in [0.15, 0.2) is 176 Å². The lowest BCUT2D eigenvalue weighted by molar-refractivity contribution is 1.12. The van der Waals surface area contributed by atoms with Crippen molar-refractivity contribution in [1.29, 1.82) is 10.5 Å². The first-order valence-electron chi connectivity index (χ1n) is 18.3. The average Bonchev–Trinajstić information content (AvgIpc) is 3.89. The third kappa shape index (κ3) is 4.39. The van der Waals surface area contributed by atoms with Crippen LogP contribution in [0.1, 0.15) is 11.1 Å². The van der Waals surface area contributed by atoms with Gasteiger partial charge in [0.1, 0.15) is 6.07 Å². The van der Waals surface area contributed by atoms with Crippen LogP contribution >= 0.6 is 0 Å². The Morgan fingerprint density at radius 1 is 0.364 bits per heavy atom. The molecule has 0 radical (unpaired) electrons. The summed E-state index contributed by atoms with van der Waals surface area (Å²) in [6, 6.07) is 65.9. The number of nitriles is 2. The molecule has 0 aliphatic rings. The summed E-state index contributed by atoms with van der Waals surface area (Å²) in [6.45, 7) is 0. The zero-order valence-corrected chi connectivity index (χ0v) is 29.5. The van der Waals surface area contributed by atoms with Gasteiger partial charge >= 0.3 is 0 Å². The molecule has 3 heterocycles. The van der Waals surface area contributed by atoms with Crippen molar-refractivity contribution in [2.24, 2.45) is 0 Å². The minimum atomic E-state index is 0.602. The fraction of sp³-hybridized carbons (Fsp3) is 0. The van der Waals surface area contributed by atoms with E-state index in [4.69, 9.17) is 0 Å². The monoisotopic (exact) mass is 699 g/mol. The predicted molar refractivity (Wildman–Crippen MR) is 224 cm³/mol. The molecule has 0 bridgehead atoms. The smallest absolute Gasteiger partial charge is 0.102 e. The van der Waals surface area contributed by atoms with Crippen LogP contribution in [0.25, 0.3) is 93.6 Å². The summed E-state index contributed by atoms with van der Waals surface area (Å²) in [5.74, 6) is 0. The molecule has 5 heteroatoms. The molecule has 11 rings (SSSR count). The Morgan fingerprint density at radius 3 is 1.49 bits per heavy atom. The first-order valence-corrected chi connectivity index (χ1v) is 18.3. The molecule has 254 valence electrons. The molecule has 5 nitrogen and oxygen atoms in total. The Hall–Kier alpha value is -7.86. The number of benzene rings is 8. The highest BCUT2D eigenvalue weighted by atomic mass is 15.1. The van der Waals surface area contributed by atoms with Crippen molar-refractivity contribution in [3.05, 3.63) is 187 Å². The van der Waals surface area contributed by atoms with Crippen molar-refractivity contribution in [2.75, 3.05) is 0 Å². The number of hydrogen-bond acceptors (Lipinski definition) is 2. The number of rotatable bonds is 4. The molecule has 0 spiro atoms. The lowest BCUT2D eigenvalue weighted by Gasteiger charge is -2.17. The van der Waals surface area contributed by atoms with Gasteiger partial charge in [0, 0.05) is 43.6 Å². The molecule has 3 aromatic heterocycles. The van der Waals surface area contributed by atoms with Crippen LogP contribution in [0.3, 0.4) is 0 Å². The highest BCUT2D eigenvalue weighted by Crippen LogP contribution is 2.41. The van der Waals surface area contributed by atoms with Gasteiger partial charge in [0.05, 0.1) is 61.7 Å². The molecular formula is C50H29N5. The van der Waals surface area contributed by atoms with E-state index in [9.17, 15) is 10.5 Å². The quantitative estimate of drug-likeness (QED) is 0.184. The third-order valence-electron chi connectivity index (χ3n) is 11.1. The maximum absolute atomic E-state index is 11.0. The number of aromatic nitrogens is 3. The van der Waals surface area contributed by atoms with E-state index in [1.165, 1.54) is 10.8 Å². The van der Waals surface area contributed by atoms with Crippen LogP contribution < -0.4 is 0 Å². The van der Waals surface area contributed by atoms with E-state index in [0.29, 0.717) is 11.1 Å². The Kier molecular flexibility index (Phi) is 6.61. The van der Waals surface area contributed by atoms with Gasteiger partial charge in [0.15, 0.2) is 0 Å². The number of nitrogens with zero attached hydrogens (tertiary/aromatic N) is 5. The number of para-hydroxylation sites is 5. The van der Waals surface area contributed by atoms with Gasteiger partial charge in [-0.25, -0.2) is 0 Å². The Balaban J connectivity index is 1.13. The van der Waals surface area contributed by atoms with Gasteiger partial charge < -0.3 is 13.7 Å². The van der Waals surface area contributed by atoms with Gasteiger partial charge in [0.2, 0.25) is 0 Å². The van der Waals surface area contributed by atoms with Gasteiger partial charge in [-0.2, -0.15) is 10.5 Å². The Morgan fingerprint density at radius 2 is 0.873 bits per heavy atom. The molecule has 0 N–H and O–H groups in total. The first kappa shape index (κ1) is 30.7. The van der Waals surface area contributed by atoms with Crippen molar-refractivity contribution in [3.8, 4) is 40.3 Å². The second-order valence-corrected chi connectivity index (χ2v) is 14.0. The van der Waals surface area contributed by atoms with Gasteiger partial charge in [-0.05, 0) is 66.2 Å². The topological polar surface area (TPSA) is 62.4 Å². The number of hydrogen-bond donors (Lipinski definition) is 0. The number of fused-ring (bicyclic) bond motifs is 9. The predicted octanol–water partition coefficient (Wildman–Crippen LogP) is 12.4. The van der Waals surface area contributed by atoms with Crippen LogP contribution in [0, 0.1) is 22.7 Å². The van der Waals surface area contributed by atoms with E-state index >= 15 is 0 Å². The van der Waals surface area contributed by atoms with E-state index in [2.05, 4.69) is 165 Å². The zero-order valence-electron chi connectivity index (χ0n) is 29.5. The molecule has 0 fully saturated rings. The van der Waals surface area contributed by atoms with Crippen molar-refractivity contribution >= 4 is 65.4 Å². The molecule has 0 saturated heterocycles. The molecule has 0 saturated carbocycles. The fourth-order valence-corrected chi connectivity index (χ4v) is 8.81. The van der Waals surface area contributed by atoms with Gasteiger partial charge in [-0.3, -0.25) is 0 Å². The van der Waals surface area contributed by atoms with Crippen molar-refractivity contribution in [2.45, 2.75) is 0 Å². The Bertz CT molecular complexity index is 3400. The highest BCUT2D eigenvalue weighted by Gasteiger charge is 2.22. The summed E-state index contributed by atoms with van der Waals surface area (Å²) in [6.07, 6.45) is 0. The van der Waals surface area contributed by atoms with Crippen molar-refractivity contribution < 1.29 is 0 Å². The Labute approximate surface area is 316 Å². The van der Waals surface area contributed by atoms with E-state index in [0.717, 1.165) is 82.8 Å². The summed E-state index contributed by atoms with van der Waals surface area (Å²) in [5.41, 5.74) is 12.3. The lowest BCUT2D eigenvalue weighted by atomic mass is 9.98. The zero-order chi connectivity index (χ0) is 36.6. The molecule has 8 aromatic carbocycles. The molecule has 0 amide bonds. The second kappa shape index (κ2) is 11.8. The lowest BCUT2D eigenvalue weighted by Crippen LogP contribution is -2.03. The maximum Gasteiger partial charge on any atom is 0.102 e. The van der Waals surface area contributed by atoms with Crippen molar-refractivity contribution in [1.82, 2.24) is 13.7 Å². The molecule has 11 aromatic rings. The average molecular weight is 700 g/mol. The summed E-state index contributed by atoms with van der Waals surface area (Å²) in [7, 11) is 0. The molecule has 0 aliphatic heterocycles. The summed E-state index contributed by atoms with van der Waals surface area (Å²) in [5, 5.41) is 27.6. The van der Waals surface area contributed by atoms with E-state index < -0.39 is 0 Å². The van der Waals surface area contributed by atoms with Crippen LogP contribution in [-0.2, 0) is 0 Å². The van der Waals surface area contributed by atoms with Gasteiger partial charge in [-0.1, -0.05) is 115 Å². The first-order chi connectivity index (χ1) is 27.2. The minimum absolute atomic E-state index is 0.602. The van der Waals surface area contributed by atoms with E-state index in [-0.39, 0.29) is 0 Å². The summed E-state index contributed by atoms with van der Waals surface area (Å²) >= 11 is 0. The van der Waals surface area contributed by atoms with Crippen LogP contribution in [0.4, 0.5) is 0 Å². The largest absolute Gasteiger partial charge is 0.309 e. The van der Waals surface area contributed by atoms with Gasteiger partial charge in [0.25, 0.3) is 0 Å². The van der Waals surface area contributed by atoms with Crippen LogP contribution in [-0.4, -0.2) is 13.7 Å². The van der Waals surface area contributed by atoms with Gasteiger partial charge in [-0.15, -0.1) is 0 Å². The summed E-state index contributed by atoms with van der Waals surface area (Å²) < 4.78 is 6.86. The van der Waals surface area contributed by atoms with Crippen molar-refractivity contribution in [3.63, 3.8) is 0 Å². The second-order valence-electron chi connectivity index (χ2n) is 14.0. The highest BCUT2D eigenvalue weighted by molar-refractivity contribution is 6.15. The minimum Gasteiger partial charge on any atom is -0.309 e. The normalized spacial score (nSPS) is 11.6. The third-order valence-corrected chi connectivity index (χ3v) is 11.1. The van der Waals surface area contributed by atoms with E-state index in [1.807, 2.05) is 36.4 Å². The van der Waals surface area contributed by atoms with Crippen LogP contribution in [0.5, 0.6) is 0 Å². The van der Waals surface area contributed by atoms with Crippen LogP contribution in [0.2, 0.25) is 0 Å². The fourth-order valence-electron chi connectivity index (χ4n) is 8.81.